The van der Waals surface area contributed by atoms with Crippen molar-refractivity contribution in [2.45, 2.75) is 57.1 Å². The first-order valence-corrected chi connectivity index (χ1v) is 9.51. The Morgan fingerprint density at radius 2 is 1.74 bits per heavy atom. The number of hydrogen-bond donors (Lipinski definition) is 1. The van der Waals surface area contributed by atoms with Crippen molar-refractivity contribution in [3.8, 4) is 0 Å². The van der Waals surface area contributed by atoms with Crippen molar-refractivity contribution in [2.24, 2.45) is 0 Å². The second-order valence-corrected chi connectivity index (χ2v) is 7.08. The second kappa shape index (κ2) is 9.41. The summed E-state index contributed by atoms with van der Waals surface area (Å²) in [6.45, 7) is 5.56. The number of hydrogen-bond acceptors (Lipinski definition) is 3. The zero-order chi connectivity index (χ0) is 15.7. The van der Waals surface area contributed by atoms with Gasteiger partial charge in [-0.2, -0.15) is 0 Å². The summed E-state index contributed by atoms with van der Waals surface area (Å²) in [7, 11) is 0. The third-order valence-electron chi connectivity index (χ3n) is 5.34. The molecule has 0 amide bonds. The zero-order valence-corrected chi connectivity index (χ0v) is 14.4. The average molecular weight is 316 g/mol. The Morgan fingerprint density at radius 1 is 1.00 bits per heavy atom. The molecule has 128 valence electrons. The lowest BCUT2D eigenvalue weighted by molar-refractivity contribution is 0.0575. The summed E-state index contributed by atoms with van der Waals surface area (Å²) in [6.07, 6.45) is 9.56. The normalized spacial score (nSPS) is 21.0. The molecule has 3 rings (SSSR count). The van der Waals surface area contributed by atoms with Crippen LogP contribution < -0.4 is 5.32 Å². The van der Waals surface area contributed by atoms with Crippen molar-refractivity contribution in [1.82, 2.24) is 10.2 Å². The van der Waals surface area contributed by atoms with Crippen molar-refractivity contribution in [2.75, 3.05) is 32.8 Å². The number of likely N-dealkylation sites (tertiary alicyclic amines) is 1. The summed E-state index contributed by atoms with van der Waals surface area (Å²) in [5, 5.41) is 3.69. The van der Waals surface area contributed by atoms with Crippen LogP contribution in [0.2, 0.25) is 0 Å². The molecule has 0 spiro atoms. The Kier molecular flexibility index (Phi) is 6.93. The summed E-state index contributed by atoms with van der Waals surface area (Å²) < 4.78 is 5.93. The molecule has 1 saturated heterocycles. The van der Waals surface area contributed by atoms with E-state index in [0.717, 1.165) is 13.2 Å². The van der Waals surface area contributed by atoms with E-state index in [1.807, 2.05) is 0 Å². The fourth-order valence-electron chi connectivity index (χ4n) is 3.84. The highest BCUT2D eigenvalue weighted by molar-refractivity contribution is 5.14. The van der Waals surface area contributed by atoms with E-state index in [1.54, 1.807) is 0 Å². The van der Waals surface area contributed by atoms with Crippen LogP contribution in [0.15, 0.2) is 30.3 Å². The molecule has 3 heteroatoms. The van der Waals surface area contributed by atoms with E-state index in [4.69, 9.17) is 4.74 Å². The van der Waals surface area contributed by atoms with Gasteiger partial charge in [0.05, 0.1) is 12.7 Å². The molecule has 1 aromatic rings. The lowest BCUT2D eigenvalue weighted by Crippen LogP contribution is -2.44. The monoisotopic (exact) mass is 316 g/mol. The van der Waals surface area contributed by atoms with Gasteiger partial charge in [0.1, 0.15) is 0 Å². The van der Waals surface area contributed by atoms with Crippen LogP contribution in [0.25, 0.3) is 0 Å². The average Bonchev–Trinajstić information content (AvgIpc) is 3.12. The Balaban J connectivity index is 1.23. The summed E-state index contributed by atoms with van der Waals surface area (Å²) in [6, 6.07) is 11.5. The van der Waals surface area contributed by atoms with Gasteiger partial charge in [-0.05, 0) is 50.8 Å². The Labute approximate surface area is 141 Å². The molecule has 1 aliphatic carbocycles. The molecule has 2 aliphatic rings. The molecular weight excluding hydrogens is 284 g/mol. The van der Waals surface area contributed by atoms with Gasteiger partial charge in [0, 0.05) is 19.1 Å². The van der Waals surface area contributed by atoms with E-state index >= 15 is 0 Å². The third-order valence-corrected chi connectivity index (χ3v) is 5.34. The second-order valence-electron chi connectivity index (χ2n) is 7.08. The van der Waals surface area contributed by atoms with Crippen LogP contribution >= 0.6 is 0 Å². The molecule has 3 nitrogen and oxygen atoms in total. The van der Waals surface area contributed by atoms with Gasteiger partial charge in [-0.1, -0.05) is 43.2 Å². The molecule has 1 N–H and O–H groups in total. The number of ether oxygens (including phenoxy) is 1. The minimum Gasteiger partial charge on any atom is -0.377 e. The standard InChI is InChI=1S/C20H32N2O/c1-2-6-18(7-3-1)10-14-22-15-11-19(12-16-22)21-13-17-23-20-8-4-5-9-20/h1-3,6-7,19-21H,4-5,8-17H2. The highest BCUT2D eigenvalue weighted by atomic mass is 16.5. The molecule has 0 bridgehead atoms. The van der Waals surface area contributed by atoms with Crippen LogP contribution in [0.4, 0.5) is 0 Å². The van der Waals surface area contributed by atoms with Gasteiger partial charge >= 0.3 is 0 Å². The highest BCUT2D eigenvalue weighted by Crippen LogP contribution is 2.20. The molecule has 0 aromatic heterocycles. The fourth-order valence-corrected chi connectivity index (χ4v) is 3.84. The summed E-state index contributed by atoms with van der Waals surface area (Å²) in [5.41, 5.74) is 1.46. The first-order chi connectivity index (χ1) is 11.4. The number of nitrogens with one attached hydrogen (secondary N) is 1. The van der Waals surface area contributed by atoms with Gasteiger partial charge in [0.15, 0.2) is 0 Å². The maximum atomic E-state index is 5.93. The molecule has 23 heavy (non-hydrogen) atoms. The molecule has 1 aromatic carbocycles. The summed E-state index contributed by atoms with van der Waals surface area (Å²) in [4.78, 5) is 2.61. The van der Waals surface area contributed by atoms with Gasteiger partial charge in [-0.3, -0.25) is 0 Å². The Morgan fingerprint density at radius 3 is 2.48 bits per heavy atom. The third kappa shape index (κ3) is 5.91. The SMILES string of the molecule is c1ccc(CCN2CCC(NCCOC3CCCC3)CC2)cc1. The first kappa shape index (κ1) is 16.9. The minimum atomic E-state index is 0.552. The molecule has 0 radical (unpaired) electrons. The predicted molar refractivity (Wildman–Crippen MR) is 95.8 cm³/mol. The molecular formula is C20H32N2O. The van der Waals surface area contributed by atoms with Gasteiger partial charge in [-0.15, -0.1) is 0 Å². The van der Waals surface area contributed by atoms with E-state index in [1.165, 1.54) is 70.1 Å². The minimum absolute atomic E-state index is 0.552. The maximum Gasteiger partial charge on any atom is 0.0594 e. The topological polar surface area (TPSA) is 24.5 Å². The van der Waals surface area contributed by atoms with E-state index < -0.39 is 0 Å². The lowest BCUT2D eigenvalue weighted by Gasteiger charge is -2.32. The first-order valence-electron chi connectivity index (χ1n) is 9.51. The van der Waals surface area contributed by atoms with E-state index in [0.29, 0.717) is 12.1 Å². The predicted octanol–water partition coefficient (Wildman–Crippen LogP) is 3.24. The quantitative estimate of drug-likeness (QED) is 0.745. The zero-order valence-electron chi connectivity index (χ0n) is 14.4. The number of nitrogens with zero attached hydrogens (tertiary/aromatic N) is 1. The van der Waals surface area contributed by atoms with Gasteiger partial charge in [0.2, 0.25) is 0 Å². The van der Waals surface area contributed by atoms with E-state index in [-0.39, 0.29) is 0 Å². The van der Waals surface area contributed by atoms with E-state index in [2.05, 4.69) is 40.5 Å². The van der Waals surface area contributed by atoms with Crippen molar-refractivity contribution in [3.05, 3.63) is 35.9 Å². The number of piperidine rings is 1. The molecule has 1 saturated carbocycles. The Hall–Kier alpha value is -0.900. The van der Waals surface area contributed by atoms with Crippen LogP contribution in [0, 0.1) is 0 Å². The lowest BCUT2D eigenvalue weighted by atomic mass is 10.0. The Bertz CT molecular complexity index is 423. The molecule has 1 heterocycles. The molecule has 1 aliphatic heterocycles. The molecule has 2 fully saturated rings. The van der Waals surface area contributed by atoms with E-state index in [9.17, 15) is 0 Å². The van der Waals surface area contributed by atoms with Crippen molar-refractivity contribution < 1.29 is 4.74 Å². The van der Waals surface area contributed by atoms with Gasteiger partial charge in [0.25, 0.3) is 0 Å². The smallest absolute Gasteiger partial charge is 0.0594 e. The fraction of sp³-hybridized carbons (Fsp3) is 0.700. The summed E-state index contributed by atoms with van der Waals surface area (Å²) in [5.74, 6) is 0. The van der Waals surface area contributed by atoms with Crippen LogP contribution in [0.5, 0.6) is 0 Å². The number of rotatable bonds is 8. The van der Waals surface area contributed by atoms with Crippen LogP contribution in [-0.4, -0.2) is 49.8 Å². The number of benzene rings is 1. The van der Waals surface area contributed by atoms with Crippen LogP contribution in [0.3, 0.4) is 0 Å². The van der Waals surface area contributed by atoms with Crippen molar-refractivity contribution >= 4 is 0 Å². The summed E-state index contributed by atoms with van der Waals surface area (Å²) >= 11 is 0. The molecule has 0 unspecified atom stereocenters. The van der Waals surface area contributed by atoms with Crippen LogP contribution in [-0.2, 0) is 11.2 Å². The van der Waals surface area contributed by atoms with Crippen LogP contribution in [0.1, 0.15) is 44.1 Å². The maximum absolute atomic E-state index is 5.93. The highest BCUT2D eigenvalue weighted by Gasteiger charge is 2.19. The molecule has 0 atom stereocenters. The largest absolute Gasteiger partial charge is 0.377 e. The van der Waals surface area contributed by atoms with Gasteiger partial charge in [-0.25, -0.2) is 0 Å². The van der Waals surface area contributed by atoms with Crippen molar-refractivity contribution in [3.63, 3.8) is 0 Å². The van der Waals surface area contributed by atoms with Crippen molar-refractivity contribution in [1.29, 1.82) is 0 Å². The van der Waals surface area contributed by atoms with Gasteiger partial charge < -0.3 is 15.0 Å².